The van der Waals surface area contributed by atoms with E-state index in [1.165, 1.54) is 7.11 Å². The summed E-state index contributed by atoms with van der Waals surface area (Å²) in [6.45, 7) is 3.02. The maximum Gasteiger partial charge on any atom is 0.374 e. The predicted octanol–water partition coefficient (Wildman–Crippen LogP) is -0.0880. The van der Waals surface area contributed by atoms with Crippen molar-refractivity contribution in [1.82, 2.24) is 4.90 Å². The van der Waals surface area contributed by atoms with Crippen molar-refractivity contribution >= 4 is 5.97 Å². The van der Waals surface area contributed by atoms with E-state index in [-0.39, 0.29) is 5.76 Å². The minimum atomic E-state index is -0.721. The fraction of sp³-hybridized carbons (Fsp3) is 0.583. The van der Waals surface area contributed by atoms with Crippen molar-refractivity contribution in [2.45, 2.75) is 25.7 Å². The van der Waals surface area contributed by atoms with Crippen LogP contribution in [0, 0.1) is 6.92 Å². The Balaban J connectivity index is 2.05. The van der Waals surface area contributed by atoms with Crippen molar-refractivity contribution in [2.24, 2.45) is 0 Å². The molecule has 0 saturated carbocycles. The van der Waals surface area contributed by atoms with Crippen LogP contribution in [0.25, 0.3) is 0 Å². The third-order valence-electron chi connectivity index (χ3n) is 3.05. The van der Waals surface area contributed by atoms with Gasteiger partial charge < -0.3 is 19.4 Å². The summed E-state index contributed by atoms with van der Waals surface area (Å²) in [7, 11) is 1.30. The number of aryl methyl sites for hydroxylation is 1. The number of nitrogens with zero attached hydrogens (tertiary/aromatic N) is 1. The van der Waals surface area contributed by atoms with Gasteiger partial charge in [-0.1, -0.05) is 0 Å². The molecule has 100 valence electrons. The quantitative estimate of drug-likeness (QED) is 0.735. The van der Waals surface area contributed by atoms with Gasteiger partial charge in [0.25, 0.3) is 0 Å². The summed E-state index contributed by atoms with van der Waals surface area (Å²) in [6, 6.07) is 1.77. The van der Waals surface area contributed by atoms with Crippen molar-refractivity contribution in [3.63, 3.8) is 0 Å². The second-order valence-electron chi connectivity index (χ2n) is 4.55. The average molecular weight is 255 g/mol. The summed E-state index contributed by atoms with van der Waals surface area (Å²) in [5.41, 5.74) is 0.720. The van der Waals surface area contributed by atoms with Crippen LogP contribution >= 0.6 is 0 Å². The number of ether oxygens (including phenoxy) is 1. The number of β-amino-alcohol motifs (C(OH)–C–C–N with tert-alkyl or cyclic N) is 2. The van der Waals surface area contributed by atoms with Crippen molar-refractivity contribution in [1.29, 1.82) is 0 Å². The van der Waals surface area contributed by atoms with Crippen molar-refractivity contribution in [3.05, 3.63) is 23.2 Å². The van der Waals surface area contributed by atoms with Crippen LogP contribution in [0.5, 0.6) is 0 Å². The molecule has 0 bridgehead atoms. The first-order chi connectivity index (χ1) is 8.51. The van der Waals surface area contributed by atoms with E-state index in [2.05, 4.69) is 4.74 Å². The molecule has 2 atom stereocenters. The van der Waals surface area contributed by atoms with E-state index in [1.807, 2.05) is 4.90 Å². The maximum atomic E-state index is 11.4. The van der Waals surface area contributed by atoms with Crippen LogP contribution in [0.2, 0.25) is 0 Å². The Morgan fingerprint density at radius 3 is 2.67 bits per heavy atom. The third kappa shape index (κ3) is 2.55. The van der Waals surface area contributed by atoms with Crippen molar-refractivity contribution in [3.8, 4) is 0 Å². The van der Waals surface area contributed by atoms with Crippen LogP contribution in [0.1, 0.15) is 21.9 Å². The highest BCUT2D eigenvalue weighted by atomic mass is 16.5. The van der Waals surface area contributed by atoms with Crippen LogP contribution < -0.4 is 0 Å². The van der Waals surface area contributed by atoms with Gasteiger partial charge in [0, 0.05) is 18.7 Å². The molecule has 2 rings (SSSR count). The van der Waals surface area contributed by atoms with E-state index >= 15 is 0 Å². The fourth-order valence-corrected chi connectivity index (χ4v) is 2.12. The maximum absolute atomic E-state index is 11.4. The summed E-state index contributed by atoms with van der Waals surface area (Å²) in [6.07, 6.45) is -1.44. The van der Waals surface area contributed by atoms with Crippen LogP contribution in [-0.2, 0) is 11.3 Å². The van der Waals surface area contributed by atoms with Gasteiger partial charge in [0.05, 0.1) is 25.9 Å². The number of furan rings is 1. The molecular formula is C12H17NO5. The van der Waals surface area contributed by atoms with E-state index in [0.717, 1.165) is 5.56 Å². The Labute approximate surface area is 105 Å². The number of carbonyl (C=O) groups excluding carboxylic acids is 1. The lowest BCUT2D eigenvalue weighted by molar-refractivity contribution is 0.0560. The number of methoxy groups -OCH3 is 1. The number of rotatable bonds is 3. The number of carbonyl (C=O) groups is 1. The van der Waals surface area contributed by atoms with Crippen LogP contribution in [-0.4, -0.2) is 53.5 Å². The monoisotopic (exact) mass is 255 g/mol. The summed E-state index contributed by atoms with van der Waals surface area (Å²) < 4.78 is 10.0. The zero-order valence-corrected chi connectivity index (χ0v) is 10.4. The highest BCUT2D eigenvalue weighted by molar-refractivity contribution is 5.87. The molecule has 1 aromatic rings. The summed E-state index contributed by atoms with van der Waals surface area (Å²) >= 11 is 0. The molecular weight excluding hydrogens is 238 g/mol. The molecule has 0 aromatic carbocycles. The molecule has 6 nitrogen and oxygen atoms in total. The molecule has 1 aliphatic heterocycles. The number of aliphatic hydroxyl groups is 2. The smallest absolute Gasteiger partial charge is 0.374 e. The largest absolute Gasteiger partial charge is 0.463 e. The first-order valence-electron chi connectivity index (χ1n) is 5.77. The average Bonchev–Trinajstić information content (AvgIpc) is 2.82. The van der Waals surface area contributed by atoms with Gasteiger partial charge in [0.2, 0.25) is 5.76 Å². The zero-order chi connectivity index (χ0) is 13.3. The van der Waals surface area contributed by atoms with Crippen LogP contribution in [0.4, 0.5) is 0 Å². The highest BCUT2D eigenvalue weighted by Gasteiger charge is 2.30. The van der Waals surface area contributed by atoms with Gasteiger partial charge in [0.15, 0.2) is 0 Å². The fourth-order valence-electron chi connectivity index (χ4n) is 2.12. The molecule has 0 spiro atoms. The van der Waals surface area contributed by atoms with Gasteiger partial charge in [-0.15, -0.1) is 0 Å². The number of hydrogen-bond donors (Lipinski definition) is 2. The van der Waals surface area contributed by atoms with E-state index in [9.17, 15) is 15.0 Å². The first-order valence-corrected chi connectivity index (χ1v) is 5.77. The molecule has 1 saturated heterocycles. The Kier molecular flexibility index (Phi) is 3.70. The number of esters is 1. The number of likely N-dealkylation sites (tertiary alicyclic amines) is 1. The van der Waals surface area contributed by atoms with E-state index in [1.54, 1.807) is 13.0 Å². The molecule has 2 N–H and O–H groups in total. The number of aliphatic hydroxyl groups excluding tert-OH is 2. The Morgan fingerprint density at radius 1 is 1.50 bits per heavy atom. The zero-order valence-electron chi connectivity index (χ0n) is 10.4. The first kappa shape index (κ1) is 13.1. The van der Waals surface area contributed by atoms with Gasteiger partial charge in [-0.3, -0.25) is 4.90 Å². The summed E-state index contributed by atoms with van der Waals surface area (Å²) in [4.78, 5) is 13.2. The molecule has 0 radical (unpaired) electrons. The summed E-state index contributed by atoms with van der Waals surface area (Å²) in [5.74, 6) is 0.322. The third-order valence-corrected chi connectivity index (χ3v) is 3.05. The molecule has 1 aromatic heterocycles. The molecule has 0 aliphatic carbocycles. The molecule has 18 heavy (non-hydrogen) atoms. The Morgan fingerprint density at radius 2 is 2.11 bits per heavy atom. The topological polar surface area (TPSA) is 83.1 Å². The van der Waals surface area contributed by atoms with Crippen LogP contribution in [0.3, 0.4) is 0 Å². The van der Waals surface area contributed by atoms with Crippen molar-refractivity contribution in [2.75, 3.05) is 20.2 Å². The standard InChI is InChI=1S/C12H17NO5/c1-7-3-8(18-11(7)12(16)17-2)4-13-5-9(14)10(15)6-13/h3,9-10,14-15H,4-6H2,1-2H3. The molecule has 6 heteroatoms. The molecule has 2 unspecified atom stereocenters. The second-order valence-corrected chi connectivity index (χ2v) is 4.55. The molecule has 2 heterocycles. The lowest BCUT2D eigenvalue weighted by Gasteiger charge is -2.11. The second kappa shape index (κ2) is 5.09. The molecule has 1 fully saturated rings. The van der Waals surface area contributed by atoms with Crippen LogP contribution in [0.15, 0.2) is 10.5 Å². The summed E-state index contributed by atoms with van der Waals surface area (Å²) in [5, 5.41) is 18.9. The van der Waals surface area contributed by atoms with Gasteiger partial charge >= 0.3 is 5.97 Å². The van der Waals surface area contributed by atoms with Gasteiger partial charge in [-0.25, -0.2) is 4.79 Å². The van der Waals surface area contributed by atoms with Gasteiger partial charge in [0.1, 0.15) is 5.76 Å². The van der Waals surface area contributed by atoms with E-state index in [4.69, 9.17) is 4.42 Å². The molecule has 0 amide bonds. The molecule has 1 aliphatic rings. The normalized spacial score (nSPS) is 24.4. The predicted molar refractivity (Wildman–Crippen MR) is 62.1 cm³/mol. The lowest BCUT2D eigenvalue weighted by Crippen LogP contribution is -2.22. The minimum Gasteiger partial charge on any atom is -0.463 e. The lowest BCUT2D eigenvalue weighted by atomic mass is 10.2. The Hall–Kier alpha value is -1.37. The van der Waals surface area contributed by atoms with E-state index < -0.39 is 18.2 Å². The number of hydrogen-bond acceptors (Lipinski definition) is 6. The van der Waals surface area contributed by atoms with Gasteiger partial charge in [-0.05, 0) is 13.0 Å². The Bertz CT molecular complexity index is 432. The highest BCUT2D eigenvalue weighted by Crippen LogP contribution is 2.19. The van der Waals surface area contributed by atoms with Gasteiger partial charge in [-0.2, -0.15) is 0 Å². The minimum absolute atomic E-state index is 0.202. The van der Waals surface area contributed by atoms with E-state index in [0.29, 0.717) is 25.4 Å². The SMILES string of the molecule is COC(=O)c1oc(CN2CC(O)C(O)C2)cc1C. The van der Waals surface area contributed by atoms with Crippen molar-refractivity contribution < 1.29 is 24.2 Å².